The predicted octanol–water partition coefficient (Wildman–Crippen LogP) is 4.14. The maximum absolute atomic E-state index is 5.40. The number of aromatic nitrogens is 2. The van der Waals surface area contributed by atoms with E-state index in [9.17, 15) is 0 Å². The Balaban J connectivity index is 1.75. The third kappa shape index (κ3) is 3.44. The van der Waals surface area contributed by atoms with E-state index >= 15 is 0 Å². The number of likely N-dealkylation sites (tertiary alicyclic amines) is 1. The van der Waals surface area contributed by atoms with E-state index in [0.29, 0.717) is 0 Å². The van der Waals surface area contributed by atoms with Crippen LogP contribution in [0.15, 0.2) is 60.8 Å². The van der Waals surface area contributed by atoms with Gasteiger partial charge in [-0.15, -0.1) is 0 Å². The fourth-order valence-corrected chi connectivity index (χ4v) is 3.43. The minimum absolute atomic E-state index is 0.860. The lowest BCUT2D eigenvalue weighted by atomic mass is 10.1. The number of hydrogen-bond acceptors (Lipinski definition) is 3. The zero-order chi connectivity index (χ0) is 17.1. The van der Waals surface area contributed by atoms with Gasteiger partial charge >= 0.3 is 0 Å². The van der Waals surface area contributed by atoms with Crippen molar-refractivity contribution in [2.75, 3.05) is 20.2 Å². The zero-order valence-corrected chi connectivity index (χ0v) is 14.6. The number of ether oxygens (including phenoxy) is 1. The summed E-state index contributed by atoms with van der Waals surface area (Å²) in [5.41, 5.74) is 4.48. The molecule has 4 rings (SSSR count). The third-order valence-corrected chi connectivity index (χ3v) is 4.75. The van der Waals surface area contributed by atoms with Crippen LogP contribution in [0.4, 0.5) is 0 Å². The van der Waals surface area contributed by atoms with Crippen molar-refractivity contribution in [1.82, 2.24) is 14.7 Å². The molecule has 0 aliphatic carbocycles. The van der Waals surface area contributed by atoms with Gasteiger partial charge in [-0.05, 0) is 50.2 Å². The van der Waals surface area contributed by atoms with Crippen LogP contribution in [0.1, 0.15) is 18.4 Å². The van der Waals surface area contributed by atoms with Crippen LogP contribution in [-0.2, 0) is 6.54 Å². The number of rotatable bonds is 5. The Kier molecular flexibility index (Phi) is 4.53. The SMILES string of the molecule is COc1cccc(-c2nn(-c3ccccc3)cc2CN2CCCC2)c1. The Hall–Kier alpha value is -2.59. The van der Waals surface area contributed by atoms with Gasteiger partial charge in [-0.2, -0.15) is 5.10 Å². The molecule has 2 aromatic carbocycles. The molecule has 0 spiro atoms. The molecule has 0 N–H and O–H groups in total. The van der Waals surface area contributed by atoms with Crippen molar-refractivity contribution in [1.29, 1.82) is 0 Å². The Labute approximate surface area is 148 Å². The zero-order valence-electron chi connectivity index (χ0n) is 14.6. The maximum atomic E-state index is 5.40. The summed E-state index contributed by atoms with van der Waals surface area (Å²) in [6.45, 7) is 3.29. The second-order valence-corrected chi connectivity index (χ2v) is 6.50. The van der Waals surface area contributed by atoms with Crippen LogP contribution in [-0.4, -0.2) is 34.9 Å². The lowest BCUT2D eigenvalue weighted by Crippen LogP contribution is -2.18. The van der Waals surface area contributed by atoms with E-state index in [-0.39, 0.29) is 0 Å². The van der Waals surface area contributed by atoms with Crippen molar-refractivity contribution >= 4 is 0 Å². The standard InChI is InChI=1S/C21H23N3O/c1-25-20-11-7-8-17(14-20)21-18(15-23-12-5-6-13-23)16-24(22-21)19-9-3-2-4-10-19/h2-4,7-11,14,16H,5-6,12-13,15H2,1H3. The van der Waals surface area contributed by atoms with Crippen LogP contribution in [0.25, 0.3) is 16.9 Å². The summed E-state index contributed by atoms with van der Waals surface area (Å²) < 4.78 is 7.38. The fraction of sp³-hybridized carbons (Fsp3) is 0.286. The van der Waals surface area contributed by atoms with Gasteiger partial charge in [-0.1, -0.05) is 30.3 Å². The highest BCUT2D eigenvalue weighted by molar-refractivity contribution is 5.65. The highest BCUT2D eigenvalue weighted by Gasteiger charge is 2.18. The lowest BCUT2D eigenvalue weighted by molar-refractivity contribution is 0.332. The van der Waals surface area contributed by atoms with E-state index in [4.69, 9.17) is 9.84 Å². The van der Waals surface area contributed by atoms with Crippen LogP contribution in [0.5, 0.6) is 5.75 Å². The van der Waals surface area contributed by atoms with Gasteiger partial charge < -0.3 is 4.74 Å². The number of benzene rings is 2. The van der Waals surface area contributed by atoms with E-state index in [1.165, 1.54) is 31.5 Å². The molecule has 128 valence electrons. The molecule has 0 unspecified atom stereocenters. The number of para-hydroxylation sites is 1. The second kappa shape index (κ2) is 7.11. The summed E-state index contributed by atoms with van der Waals surface area (Å²) >= 11 is 0. The second-order valence-electron chi connectivity index (χ2n) is 6.50. The highest BCUT2D eigenvalue weighted by atomic mass is 16.5. The molecule has 0 atom stereocenters. The van der Waals surface area contributed by atoms with Crippen molar-refractivity contribution < 1.29 is 4.74 Å². The maximum Gasteiger partial charge on any atom is 0.119 e. The molecule has 4 heteroatoms. The van der Waals surface area contributed by atoms with Crippen molar-refractivity contribution in [2.24, 2.45) is 0 Å². The van der Waals surface area contributed by atoms with Crippen LogP contribution < -0.4 is 4.74 Å². The first-order chi connectivity index (χ1) is 12.3. The van der Waals surface area contributed by atoms with E-state index in [1.54, 1.807) is 7.11 Å². The third-order valence-electron chi connectivity index (χ3n) is 4.75. The normalized spacial score (nSPS) is 14.8. The van der Waals surface area contributed by atoms with E-state index < -0.39 is 0 Å². The largest absolute Gasteiger partial charge is 0.497 e. The van der Waals surface area contributed by atoms with Gasteiger partial charge in [-0.3, -0.25) is 4.90 Å². The first kappa shape index (κ1) is 15.9. The molecule has 25 heavy (non-hydrogen) atoms. The lowest BCUT2D eigenvalue weighted by Gasteiger charge is -2.14. The summed E-state index contributed by atoms with van der Waals surface area (Å²) in [7, 11) is 1.70. The first-order valence-electron chi connectivity index (χ1n) is 8.84. The van der Waals surface area contributed by atoms with E-state index in [2.05, 4.69) is 35.4 Å². The quantitative estimate of drug-likeness (QED) is 0.703. The van der Waals surface area contributed by atoms with Gasteiger partial charge in [0.1, 0.15) is 5.75 Å². The smallest absolute Gasteiger partial charge is 0.119 e. The molecule has 3 aromatic rings. The molecule has 0 radical (unpaired) electrons. The molecule has 1 fully saturated rings. The average molecular weight is 333 g/mol. The van der Waals surface area contributed by atoms with Crippen LogP contribution >= 0.6 is 0 Å². The van der Waals surface area contributed by atoms with Crippen molar-refractivity contribution in [2.45, 2.75) is 19.4 Å². The van der Waals surface area contributed by atoms with Gasteiger partial charge in [0.25, 0.3) is 0 Å². The van der Waals surface area contributed by atoms with Crippen molar-refractivity contribution in [3.05, 3.63) is 66.4 Å². The van der Waals surface area contributed by atoms with Crippen LogP contribution in [0, 0.1) is 0 Å². The van der Waals surface area contributed by atoms with Crippen molar-refractivity contribution in [3.63, 3.8) is 0 Å². The fourth-order valence-electron chi connectivity index (χ4n) is 3.43. The molecule has 0 amide bonds. The molecule has 1 saturated heterocycles. The first-order valence-corrected chi connectivity index (χ1v) is 8.84. The summed E-state index contributed by atoms with van der Waals surface area (Å²) in [4.78, 5) is 2.51. The summed E-state index contributed by atoms with van der Waals surface area (Å²) in [6, 6.07) is 18.4. The molecule has 2 heterocycles. The van der Waals surface area contributed by atoms with E-state index in [0.717, 1.165) is 29.2 Å². The monoisotopic (exact) mass is 333 g/mol. The molecule has 1 aromatic heterocycles. The minimum atomic E-state index is 0.860. The summed E-state index contributed by atoms with van der Waals surface area (Å²) in [5, 5.41) is 4.90. The predicted molar refractivity (Wildman–Crippen MR) is 100 cm³/mol. The number of hydrogen-bond donors (Lipinski definition) is 0. The summed E-state index contributed by atoms with van der Waals surface area (Å²) in [5.74, 6) is 0.860. The van der Waals surface area contributed by atoms with Crippen molar-refractivity contribution in [3.8, 4) is 22.7 Å². The Morgan fingerprint density at radius 3 is 2.56 bits per heavy atom. The molecule has 1 aliphatic rings. The van der Waals surface area contributed by atoms with Gasteiger partial charge in [0.2, 0.25) is 0 Å². The van der Waals surface area contributed by atoms with Gasteiger partial charge in [0.15, 0.2) is 0 Å². The Morgan fingerprint density at radius 2 is 1.80 bits per heavy atom. The average Bonchev–Trinajstić information content (AvgIpc) is 3.33. The number of nitrogens with zero attached hydrogens (tertiary/aromatic N) is 3. The molecule has 0 saturated carbocycles. The Bertz CT molecular complexity index is 835. The van der Waals surface area contributed by atoms with Crippen LogP contribution in [0.2, 0.25) is 0 Å². The van der Waals surface area contributed by atoms with Crippen LogP contribution in [0.3, 0.4) is 0 Å². The molecular formula is C21H23N3O. The molecule has 0 bridgehead atoms. The number of methoxy groups -OCH3 is 1. The Morgan fingerprint density at radius 1 is 1.00 bits per heavy atom. The minimum Gasteiger partial charge on any atom is -0.497 e. The molecular weight excluding hydrogens is 310 g/mol. The highest BCUT2D eigenvalue weighted by Crippen LogP contribution is 2.28. The molecule has 1 aliphatic heterocycles. The van der Waals surface area contributed by atoms with Gasteiger partial charge in [-0.25, -0.2) is 4.68 Å². The van der Waals surface area contributed by atoms with Gasteiger partial charge in [0.05, 0.1) is 18.5 Å². The van der Waals surface area contributed by atoms with E-state index in [1.807, 2.05) is 35.0 Å². The topological polar surface area (TPSA) is 30.3 Å². The summed E-state index contributed by atoms with van der Waals surface area (Å²) in [6.07, 6.45) is 4.76. The molecule has 4 nitrogen and oxygen atoms in total. The van der Waals surface area contributed by atoms with Gasteiger partial charge in [0, 0.05) is 23.9 Å².